The van der Waals surface area contributed by atoms with E-state index in [9.17, 15) is 28.1 Å². The second kappa shape index (κ2) is 10.8. The number of nitrogens with one attached hydrogen (secondary N) is 3. The Morgan fingerprint density at radius 1 is 0.971 bits per heavy atom. The van der Waals surface area contributed by atoms with Crippen molar-refractivity contribution in [1.82, 2.24) is 5.32 Å². The molecule has 0 bridgehead atoms. The quantitative estimate of drug-likeness (QED) is 0.304. The number of carbonyl (C=O) groups excluding carboxylic acids is 2. The first-order valence-electron chi connectivity index (χ1n) is 10.6. The van der Waals surface area contributed by atoms with Crippen LogP contribution in [0.15, 0.2) is 77.7 Å². The molecule has 0 fully saturated rings. The highest BCUT2D eigenvalue weighted by Gasteiger charge is 2.21. The molecule has 3 rings (SSSR count). The molecule has 0 unspecified atom stereocenters. The lowest BCUT2D eigenvalue weighted by molar-refractivity contribution is -0.385. The van der Waals surface area contributed by atoms with Gasteiger partial charge in [-0.25, -0.2) is 8.42 Å². The van der Waals surface area contributed by atoms with Crippen molar-refractivity contribution in [1.29, 1.82) is 0 Å². The number of non-ortho nitro benzene ring substituents is 1. The van der Waals surface area contributed by atoms with Gasteiger partial charge < -0.3 is 10.6 Å². The number of nitro groups is 1. The van der Waals surface area contributed by atoms with Gasteiger partial charge in [-0.3, -0.25) is 24.4 Å². The Morgan fingerprint density at radius 3 is 2.31 bits per heavy atom. The molecule has 10 nitrogen and oxygen atoms in total. The third kappa shape index (κ3) is 6.87. The average Bonchev–Trinajstić information content (AvgIpc) is 2.80. The Bertz CT molecular complexity index is 1350. The summed E-state index contributed by atoms with van der Waals surface area (Å²) in [5.74, 6) is -0.672. The highest BCUT2D eigenvalue weighted by Crippen LogP contribution is 2.23. The fraction of sp³-hybridized carbons (Fsp3) is 0.167. The van der Waals surface area contributed by atoms with Crippen molar-refractivity contribution in [3.8, 4) is 0 Å². The number of hydrogen-bond donors (Lipinski definition) is 3. The molecule has 2 amide bonds. The normalized spacial score (nSPS) is 11.1. The van der Waals surface area contributed by atoms with Gasteiger partial charge in [-0.05, 0) is 49.7 Å². The minimum Gasteiger partial charge on any atom is -0.354 e. The van der Waals surface area contributed by atoms with Crippen molar-refractivity contribution in [2.75, 3.05) is 10.0 Å². The maximum atomic E-state index is 12.9. The zero-order chi connectivity index (χ0) is 25.6. The third-order valence-corrected chi connectivity index (χ3v) is 6.14. The van der Waals surface area contributed by atoms with Gasteiger partial charge in [0.2, 0.25) is 5.91 Å². The minimum absolute atomic E-state index is 0.0125. The number of amides is 2. The van der Waals surface area contributed by atoms with Gasteiger partial charge in [-0.15, -0.1) is 0 Å². The fourth-order valence-electron chi connectivity index (χ4n) is 3.20. The van der Waals surface area contributed by atoms with Crippen molar-refractivity contribution in [2.45, 2.75) is 31.2 Å². The van der Waals surface area contributed by atoms with E-state index in [2.05, 4.69) is 15.4 Å². The van der Waals surface area contributed by atoms with Crippen LogP contribution in [0.1, 0.15) is 29.8 Å². The summed E-state index contributed by atoms with van der Waals surface area (Å²) in [4.78, 5) is 34.8. The summed E-state index contributed by atoms with van der Waals surface area (Å²) in [6.07, 6.45) is 0.203. The van der Waals surface area contributed by atoms with Crippen LogP contribution in [0.25, 0.3) is 0 Å². The molecule has 3 aromatic carbocycles. The first kappa shape index (κ1) is 25.4. The predicted octanol–water partition coefficient (Wildman–Crippen LogP) is 3.72. The number of hydrogen-bond acceptors (Lipinski definition) is 6. The second-order valence-corrected chi connectivity index (χ2v) is 9.64. The lowest BCUT2D eigenvalue weighted by Gasteiger charge is -2.13. The molecule has 0 radical (unpaired) electrons. The molecule has 0 aromatic heterocycles. The monoisotopic (exact) mass is 496 g/mol. The molecule has 0 saturated carbocycles. The molecule has 0 heterocycles. The predicted molar refractivity (Wildman–Crippen MR) is 132 cm³/mol. The van der Waals surface area contributed by atoms with E-state index >= 15 is 0 Å². The van der Waals surface area contributed by atoms with Gasteiger partial charge in [0.15, 0.2) is 0 Å². The van der Waals surface area contributed by atoms with Crippen LogP contribution in [0.2, 0.25) is 0 Å². The van der Waals surface area contributed by atoms with Crippen LogP contribution in [0.4, 0.5) is 17.1 Å². The van der Waals surface area contributed by atoms with Crippen LogP contribution in [0, 0.1) is 10.1 Å². The Balaban J connectivity index is 1.75. The third-order valence-electron chi connectivity index (χ3n) is 4.78. The highest BCUT2D eigenvalue weighted by molar-refractivity contribution is 7.92. The summed E-state index contributed by atoms with van der Waals surface area (Å²) >= 11 is 0. The van der Waals surface area contributed by atoms with Gasteiger partial charge in [0.05, 0.1) is 27.5 Å². The Morgan fingerprint density at radius 2 is 1.66 bits per heavy atom. The van der Waals surface area contributed by atoms with E-state index in [-0.39, 0.29) is 40.2 Å². The van der Waals surface area contributed by atoms with Gasteiger partial charge in [0.1, 0.15) is 0 Å². The van der Waals surface area contributed by atoms with Crippen molar-refractivity contribution in [3.05, 3.63) is 94.0 Å². The molecular weight excluding hydrogens is 472 g/mol. The molecule has 0 atom stereocenters. The standard InChI is InChI=1S/C24H24N4O6S/c1-16(2)25-23(29)14-17-10-12-18(13-11-17)26-24(30)21-8-3-4-9-22(21)27-35(33,34)20-7-5-6-19(15-20)28(31)32/h3-13,15-16,27H,14H2,1-2H3,(H,25,29)(H,26,30). The summed E-state index contributed by atoms with van der Waals surface area (Å²) in [5, 5.41) is 16.5. The van der Waals surface area contributed by atoms with Crippen molar-refractivity contribution in [3.63, 3.8) is 0 Å². The molecule has 11 heteroatoms. The van der Waals surface area contributed by atoms with Gasteiger partial charge in [0.25, 0.3) is 21.6 Å². The van der Waals surface area contributed by atoms with Crippen LogP contribution in [0.5, 0.6) is 0 Å². The second-order valence-electron chi connectivity index (χ2n) is 7.96. The summed E-state index contributed by atoms with van der Waals surface area (Å²) in [7, 11) is -4.20. The molecule has 0 spiro atoms. The molecule has 0 aliphatic heterocycles. The number of nitrogens with zero attached hydrogens (tertiary/aromatic N) is 1. The van der Waals surface area contributed by atoms with Crippen molar-refractivity contribution in [2.24, 2.45) is 0 Å². The lowest BCUT2D eigenvalue weighted by atomic mass is 10.1. The Hall–Kier alpha value is -4.25. The number of carbonyl (C=O) groups is 2. The average molecular weight is 497 g/mol. The van der Waals surface area contributed by atoms with E-state index < -0.39 is 20.9 Å². The van der Waals surface area contributed by atoms with Crippen LogP contribution < -0.4 is 15.4 Å². The van der Waals surface area contributed by atoms with Gasteiger partial charge in [0, 0.05) is 23.9 Å². The molecule has 182 valence electrons. The molecule has 0 saturated heterocycles. The number of benzene rings is 3. The molecule has 0 aliphatic rings. The number of sulfonamides is 1. The highest BCUT2D eigenvalue weighted by atomic mass is 32.2. The van der Waals surface area contributed by atoms with Crippen LogP contribution in [-0.2, 0) is 21.2 Å². The SMILES string of the molecule is CC(C)NC(=O)Cc1ccc(NC(=O)c2ccccc2NS(=O)(=O)c2cccc([N+](=O)[O-])c2)cc1. The van der Waals surface area contributed by atoms with Gasteiger partial charge >= 0.3 is 0 Å². The molecule has 3 aromatic rings. The van der Waals surface area contributed by atoms with E-state index in [0.717, 1.165) is 11.6 Å². The molecule has 0 aliphatic carbocycles. The molecule has 35 heavy (non-hydrogen) atoms. The number of rotatable bonds is 9. The van der Waals surface area contributed by atoms with Gasteiger partial charge in [-0.1, -0.05) is 30.3 Å². The molecule has 3 N–H and O–H groups in total. The first-order valence-corrected chi connectivity index (χ1v) is 12.1. The van der Waals surface area contributed by atoms with Crippen molar-refractivity contribution >= 4 is 38.9 Å². The number of para-hydroxylation sites is 1. The maximum Gasteiger partial charge on any atom is 0.270 e. The van der Waals surface area contributed by atoms with E-state index in [0.29, 0.717) is 5.69 Å². The first-order chi connectivity index (χ1) is 16.5. The smallest absolute Gasteiger partial charge is 0.270 e. The topological polar surface area (TPSA) is 148 Å². The fourth-order valence-corrected chi connectivity index (χ4v) is 4.32. The zero-order valence-electron chi connectivity index (χ0n) is 19.0. The van der Waals surface area contributed by atoms with E-state index in [1.165, 1.54) is 30.3 Å². The van der Waals surface area contributed by atoms with E-state index in [1.54, 1.807) is 36.4 Å². The van der Waals surface area contributed by atoms with Crippen molar-refractivity contribution < 1.29 is 22.9 Å². The molecular formula is C24H24N4O6S. The zero-order valence-corrected chi connectivity index (χ0v) is 19.8. The maximum absolute atomic E-state index is 12.9. The minimum atomic E-state index is -4.20. The summed E-state index contributed by atoms with van der Waals surface area (Å²) in [6.45, 7) is 3.75. The Kier molecular flexibility index (Phi) is 7.82. The number of anilines is 2. The lowest BCUT2D eigenvalue weighted by Crippen LogP contribution is -2.31. The van der Waals surface area contributed by atoms with Crippen LogP contribution >= 0.6 is 0 Å². The number of nitro benzene ring substituents is 1. The summed E-state index contributed by atoms with van der Waals surface area (Å²) in [5.41, 5.74) is 0.926. The van der Waals surface area contributed by atoms with E-state index in [1.807, 2.05) is 13.8 Å². The largest absolute Gasteiger partial charge is 0.354 e. The van der Waals surface area contributed by atoms with E-state index in [4.69, 9.17) is 0 Å². The Labute approximate surface area is 202 Å². The van der Waals surface area contributed by atoms with Gasteiger partial charge in [-0.2, -0.15) is 0 Å². The summed E-state index contributed by atoms with van der Waals surface area (Å²) < 4.78 is 27.9. The van der Waals surface area contributed by atoms with Crippen LogP contribution in [0.3, 0.4) is 0 Å². The van der Waals surface area contributed by atoms with Crippen LogP contribution in [-0.4, -0.2) is 31.2 Å². The summed E-state index contributed by atoms with van der Waals surface area (Å²) in [6, 6.07) is 17.4.